The van der Waals surface area contributed by atoms with Crippen LogP contribution in [0.15, 0.2) is 29.2 Å². The van der Waals surface area contributed by atoms with Gasteiger partial charge in [0.05, 0.1) is 4.90 Å². The number of hydrogen-bond donors (Lipinski definition) is 1. The van der Waals surface area contributed by atoms with Crippen molar-refractivity contribution in [2.24, 2.45) is 0 Å². The van der Waals surface area contributed by atoms with Crippen molar-refractivity contribution >= 4 is 10.0 Å². The third-order valence-corrected chi connectivity index (χ3v) is 6.20. The summed E-state index contributed by atoms with van der Waals surface area (Å²) in [6.45, 7) is 10.5. The maximum Gasteiger partial charge on any atom is 0.243 e. The molecule has 0 aliphatic rings. The largest absolute Gasteiger partial charge is 0.310 e. The predicted molar refractivity (Wildman–Crippen MR) is 87.7 cm³/mol. The van der Waals surface area contributed by atoms with Crippen LogP contribution in [0.5, 0.6) is 0 Å². The topological polar surface area (TPSA) is 49.4 Å². The first kappa shape index (κ1) is 18.1. The van der Waals surface area contributed by atoms with Gasteiger partial charge in [0.2, 0.25) is 10.0 Å². The summed E-state index contributed by atoms with van der Waals surface area (Å²) in [7, 11) is -1.84. The molecule has 0 amide bonds. The van der Waals surface area contributed by atoms with Gasteiger partial charge in [-0.15, -0.1) is 0 Å². The Morgan fingerprint density at radius 2 is 1.81 bits per heavy atom. The van der Waals surface area contributed by atoms with E-state index in [1.54, 1.807) is 19.2 Å². The molecule has 21 heavy (non-hydrogen) atoms. The zero-order valence-corrected chi connectivity index (χ0v) is 14.8. The summed E-state index contributed by atoms with van der Waals surface area (Å²) in [6.07, 6.45) is 0.759. The number of rotatable bonds is 7. The number of benzene rings is 1. The van der Waals surface area contributed by atoms with E-state index in [1.807, 2.05) is 46.8 Å². The molecule has 0 saturated carbocycles. The fourth-order valence-corrected chi connectivity index (χ4v) is 3.71. The Morgan fingerprint density at radius 3 is 2.33 bits per heavy atom. The van der Waals surface area contributed by atoms with Crippen LogP contribution in [-0.4, -0.2) is 31.4 Å². The highest BCUT2D eigenvalue weighted by Crippen LogP contribution is 2.27. The van der Waals surface area contributed by atoms with E-state index in [0.29, 0.717) is 17.5 Å². The smallest absolute Gasteiger partial charge is 0.243 e. The fourth-order valence-electron chi connectivity index (χ4n) is 1.91. The zero-order valence-electron chi connectivity index (χ0n) is 14.0. The summed E-state index contributed by atoms with van der Waals surface area (Å²) in [5.74, 6) is 0. The quantitative estimate of drug-likeness (QED) is 0.842. The first-order valence-electron chi connectivity index (χ1n) is 7.43. The zero-order chi connectivity index (χ0) is 16.3. The molecule has 1 aromatic carbocycles. The molecule has 0 spiro atoms. The van der Waals surface area contributed by atoms with Crippen molar-refractivity contribution in [3.63, 3.8) is 0 Å². The van der Waals surface area contributed by atoms with Gasteiger partial charge in [-0.25, -0.2) is 8.42 Å². The Hall–Kier alpha value is -0.910. The van der Waals surface area contributed by atoms with E-state index < -0.39 is 15.6 Å². The Kier molecular flexibility index (Phi) is 5.96. The van der Waals surface area contributed by atoms with Crippen molar-refractivity contribution in [2.45, 2.75) is 64.1 Å². The van der Waals surface area contributed by atoms with E-state index in [0.717, 1.165) is 12.0 Å². The molecule has 0 atom stereocenters. The molecule has 0 radical (unpaired) electrons. The molecule has 120 valence electrons. The lowest BCUT2D eigenvalue weighted by Gasteiger charge is -2.34. The first-order valence-corrected chi connectivity index (χ1v) is 8.87. The van der Waals surface area contributed by atoms with Gasteiger partial charge in [0.15, 0.2) is 0 Å². The van der Waals surface area contributed by atoms with Gasteiger partial charge in [-0.05, 0) is 31.9 Å². The van der Waals surface area contributed by atoms with Crippen LogP contribution in [0.3, 0.4) is 0 Å². The fraction of sp³-hybridized carbons (Fsp3) is 0.625. The average molecular weight is 312 g/mol. The van der Waals surface area contributed by atoms with Crippen LogP contribution in [0, 0.1) is 0 Å². The van der Waals surface area contributed by atoms with Crippen LogP contribution < -0.4 is 5.32 Å². The van der Waals surface area contributed by atoms with Crippen molar-refractivity contribution in [1.82, 2.24) is 9.62 Å². The van der Waals surface area contributed by atoms with Gasteiger partial charge in [0, 0.05) is 25.2 Å². The lowest BCUT2D eigenvalue weighted by molar-refractivity contribution is 0.257. The van der Waals surface area contributed by atoms with E-state index in [1.165, 1.54) is 4.31 Å². The van der Waals surface area contributed by atoms with Crippen LogP contribution in [0.1, 0.15) is 46.6 Å². The standard InChI is InChI=1S/C16H28N2O2S/c1-7-16(4,5)18(6)21(19,20)15-11-9-8-10-14(15)12-17-13(2)3/h8-11,13,17H,7,12H2,1-6H3. The van der Waals surface area contributed by atoms with Crippen LogP contribution in [0.4, 0.5) is 0 Å². The van der Waals surface area contributed by atoms with Crippen molar-refractivity contribution in [1.29, 1.82) is 0 Å². The maximum atomic E-state index is 12.9. The summed E-state index contributed by atoms with van der Waals surface area (Å²) < 4.78 is 27.3. The van der Waals surface area contributed by atoms with Gasteiger partial charge in [-0.2, -0.15) is 4.31 Å². The molecule has 0 saturated heterocycles. The van der Waals surface area contributed by atoms with Crippen molar-refractivity contribution in [3.05, 3.63) is 29.8 Å². The molecular weight excluding hydrogens is 284 g/mol. The third-order valence-electron chi connectivity index (χ3n) is 4.03. The summed E-state index contributed by atoms with van der Waals surface area (Å²) in [6, 6.07) is 7.52. The molecular formula is C16H28N2O2S. The third kappa shape index (κ3) is 4.28. The average Bonchev–Trinajstić information content (AvgIpc) is 2.44. The number of nitrogens with one attached hydrogen (secondary N) is 1. The Balaban J connectivity index is 3.20. The van der Waals surface area contributed by atoms with Crippen molar-refractivity contribution < 1.29 is 8.42 Å². The molecule has 1 N–H and O–H groups in total. The van der Waals surface area contributed by atoms with Gasteiger partial charge < -0.3 is 5.32 Å². The molecule has 0 bridgehead atoms. The van der Waals surface area contributed by atoms with Gasteiger partial charge >= 0.3 is 0 Å². The Bertz CT molecular complexity index is 565. The normalized spacial score (nSPS) is 13.1. The molecule has 0 aliphatic carbocycles. The minimum Gasteiger partial charge on any atom is -0.310 e. The summed E-state index contributed by atoms with van der Waals surface area (Å²) in [4.78, 5) is 0.391. The minimum atomic E-state index is -3.49. The molecule has 0 fully saturated rings. The second kappa shape index (κ2) is 6.90. The molecule has 4 nitrogen and oxygen atoms in total. The highest BCUT2D eigenvalue weighted by Gasteiger charge is 2.33. The SMILES string of the molecule is CCC(C)(C)N(C)S(=O)(=O)c1ccccc1CNC(C)C. The lowest BCUT2D eigenvalue weighted by Crippen LogP contribution is -2.44. The van der Waals surface area contributed by atoms with E-state index in [9.17, 15) is 8.42 Å². The van der Waals surface area contributed by atoms with E-state index in [-0.39, 0.29) is 0 Å². The van der Waals surface area contributed by atoms with E-state index in [2.05, 4.69) is 5.32 Å². The molecule has 0 unspecified atom stereocenters. The molecule has 5 heteroatoms. The Morgan fingerprint density at radius 1 is 1.24 bits per heavy atom. The lowest BCUT2D eigenvalue weighted by atomic mass is 10.0. The van der Waals surface area contributed by atoms with E-state index in [4.69, 9.17) is 0 Å². The highest BCUT2D eigenvalue weighted by atomic mass is 32.2. The maximum absolute atomic E-state index is 12.9. The first-order chi connectivity index (χ1) is 9.63. The van der Waals surface area contributed by atoms with Crippen molar-refractivity contribution in [3.8, 4) is 0 Å². The summed E-state index contributed by atoms with van der Waals surface area (Å²) >= 11 is 0. The van der Waals surface area contributed by atoms with Gasteiger partial charge in [0.25, 0.3) is 0 Å². The number of sulfonamides is 1. The Labute approximate surface area is 129 Å². The molecule has 1 rings (SSSR count). The molecule has 1 aromatic rings. The summed E-state index contributed by atoms with van der Waals surface area (Å²) in [5.41, 5.74) is 0.405. The van der Waals surface area contributed by atoms with E-state index >= 15 is 0 Å². The van der Waals surface area contributed by atoms with Gasteiger partial charge in [-0.3, -0.25) is 0 Å². The van der Waals surface area contributed by atoms with Gasteiger partial charge in [0.1, 0.15) is 0 Å². The van der Waals surface area contributed by atoms with Crippen LogP contribution in [0.2, 0.25) is 0 Å². The van der Waals surface area contributed by atoms with Crippen LogP contribution >= 0.6 is 0 Å². The second-order valence-corrected chi connectivity index (χ2v) is 8.22. The van der Waals surface area contributed by atoms with Crippen LogP contribution in [-0.2, 0) is 16.6 Å². The number of hydrogen-bond acceptors (Lipinski definition) is 3. The molecule has 0 aromatic heterocycles. The van der Waals surface area contributed by atoms with Crippen LogP contribution in [0.25, 0.3) is 0 Å². The predicted octanol–water partition coefficient (Wildman–Crippen LogP) is 2.99. The summed E-state index contributed by atoms with van der Waals surface area (Å²) in [5, 5.41) is 3.28. The number of nitrogens with zero attached hydrogens (tertiary/aromatic N) is 1. The molecule has 0 aliphatic heterocycles. The van der Waals surface area contributed by atoms with Gasteiger partial charge in [-0.1, -0.05) is 39.0 Å². The minimum absolute atomic E-state index is 0.311. The monoisotopic (exact) mass is 312 g/mol. The van der Waals surface area contributed by atoms with Crippen molar-refractivity contribution in [2.75, 3.05) is 7.05 Å². The highest BCUT2D eigenvalue weighted by molar-refractivity contribution is 7.89. The molecule has 0 heterocycles. The second-order valence-electron chi connectivity index (χ2n) is 6.28.